The van der Waals surface area contributed by atoms with E-state index in [9.17, 15) is 4.79 Å². The SMILES string of the molecule is CC1CCCC1C(=O)N(C)c1cccc(C(N)=S)c1. The van der Waals surface area contributed by atoms with Crippen molar-refractivity contribution >= 4 is 28.8 Å². The summed E-state index contributed by atoms with van der Waals surface area (Å²) in [5.74, 6) is 0.831. The molecule has 1 fully saturated rings. The lowest BCUT2D eigenvalue weighted by Gasteiger charge is -2.24. The Bertz CT molecular complexity index is 501. The quantitative estimate of drug-likeness (QED) is 0.863. The van der Waals surface area contributed by atoms with Gasteiger partial charge in [0.15, 0.2) is 0 Å². The first-order chi connectivity index (χ1) is 9.00. The molecule has 1 aromatic carbocycles. The van der Waals surface area contributed by atoms with E-state index in [1.165, 1.54) is 0 Å². The average Bonchev–Trinajstić information content (AvgIpc) is 2.83. The van der Waals surface area contributed by atoms with Gasteiger partial charge < -0.3 is 10.6 Å². The van der Waals surface area contributed by atoms with E-state index in [-0.39, 0.29) is 11.8 Å². The first-order valence-electron chi connectivity index (χ1n) is 6.68. The predicted molar refractivity (Wildman–Crippen MR) is 82.2 cm³/mol. The molecule has 102 valence electrons. The monoisotopic (exact) mass is 276 g/mol. The van der Waals surface area contributed by atoms with Crippen molar-refractivity contribution in [2.45, 2.75) is 26.2 Å². The van der Waals surface area contributed by atoms with Crippen LogP contribution in [0.25, 0.3) is 0 Å². The number of hydrogen-bond donors (Lipinski definition) is 1. The molecule has 3 nitrogen and oxygen atoms in total. The van der Waals surface area contributed by atoms with Crippen LogP contribution in [0.4, 0.5) is 5.69 Å². The first-order valence-corrected chi connectivity index (χ1v) is 7.09. The van der Waals surface area contributed by atoms with Gasteiger partial charge in [-0.3, -0.25) is 4.79 Å². The van der Waals surface area contributed by atoms with Crippen molar-refractivity contribution in [1.82, 2.24) is 0 Å². The van der Waals surface area contributed by atoms with Crippen LogP contribution in [0.15, 0.2) is 24.3 Å². The van der Waals surface area contributed by atoms with Crippen LogP contribution in [-0.2, 0) is 4.79 Å². The highest BCUT2D eigenvalue weighted by molar-refractivity contribution is 7.80. The van der Waals surface area contributed by atoms with E-state index >= 15 is 0 Å². The number of hydrogen-bond acceptors (Lipinski definition) is 2. The summed E-state index contributed by atoms with van der Waals surface area (Å²) in [5, 5.41) is 0. The average molecular weight is 276 g/mol. The minimum absolute atomic E-state index is 0.151. The molecule has 0 bridgehead atoms. The molecule has 0 heterocycles. The minimum Gasteiger partial charge on any atom is -0.389 e. The second kappa shape index (κ2) is 5.70. The van der Waals surface area contributed by atoms with E-state index in [2.05, 4.69) is 6.92 Å². The fourth-order valence-corrected chi connectivity index (χ4v) is 2.88. The molecule has 0 aliphatic heterocycles. The summed E-state index contributed by atoms with van der Waals surface area (Å²) >= 11 is 4.97. The summed E-state index contributed by atoms with van der Waals surface area (Å²) in [6.07, 6.45) is 3.30. The van der Waals surface area contributed by atoms with Crippen molar-refractivity contribution in [1.29, 1.82) is 0 Å². The molecule has 1 saturated carbocycles. The van der Waals surface area contributed by atoms with Crippen molar-refractivity contribution in [3.63, 3.8) is 0 Å². The number of thiocarbonyl (C=S) groups is 1. The molecule has 1 aromatic rings. The van der Waals surface area contributed by atoms with Gasteiger partial charge in [0.25, 0.3) is 0 Å². The maximum absolute atomic E-state index is 12.5. The number of rotatable bonds is 3. The zero-order valence-corrected chi connectivity index (χ0v) is 12.2. The molecule has 0 aromatic heterocycles. The summed E-state index contributed by atoms with van der Waals surface area (Å²) in [6.45, 7) is 2.16. The smallest absolute Gasteiger partial charge is 0.230 e. The second-order valence-corrected chi connectivity index (χ2v) is 5.77. The zero-order chi connectivity index (χ0) is 14.0. The Balaban J connectivity index is 2.19. The highest BCUT2D eigenvalue weighted by atomic mass is 32.1. The number of anilines is 1. The van der Waals surface area contributed by atoms with Gasteiger partial charge >= 0.3 is 0 Å². The van der Waals surface area contributed by atoms with Gasteiger partial charge in [0, 0.05) is 24.2 Å². The number of carbonyl (C=O) groups is 1. The molecule has 1 amide bonds. The van der Waals surface area contributed by atoms with Gasteiger partial charge in [-0.2, -0.15) is 0 Å². The topological polar surface area (TPSA) is 46.3 Å². The third kappa shape index (κ3) is 2.95. The van der Waals surface area contributed by atoms with Gasteiger partial charge in [-0.1, -0.05) is 37.7 Å². The first kappa shape index (κ1) is 14.0. The van der Waals surface area contributed by atoms with Crippen molar-refractivity contribution in [3.05, 3.63) is 29.8 Å². The second-order valence-electron chi connectivity index (χ2n) is 5.33. The Morgan fingerprint density at radius 2 is 2.16 bits per heavy atom. The van der Waals surface area contributed by atoms with Gasteiger partial charge in [0.1, 0.15) is 4.99 Å². The van der Waals surface area contributed by atoms with E-state index in [0.29, 0.717) is 10.9 Å². The number of benzene rings is 1. The third-order valence-electron chi connectivity index (χ3n) is 4.03. The summed E-state index contributed by atoms with van der Waals surface area (Å²) < 4.78 is 0. The van der Waals surface area contributed by atoms with E-state index in [4.69, 9.17) is 18.0 Å². The summed E-state index contributed by atoms with van der Waals surface area (Å²) in [4.78, 5) is 14.6. The van der Waals surface area contributed by atoms with Crippen LogP contribution < -0.4 is 10.6 Å². The lowest BCUT2D eigenvalue weighted by atomic mass is 9.96. The lowest BCUT2D eigenvalue weighted by molar-refractivity contribution is -0.122. The molecule has 2 atom stereocenters. The van der Waals surface area contributed by atoms with Crippen LogP contribution in [0.5, 0.6) is 0 Å². The van der Waals surface area contributed by atoms with Crippen LogP contribution in [0.1, 0.15) is 31.7 Å². The Morgan fingerprint density at radius 3 is 2.74 bits per heavy atom. The summed E-state index contributed by atoms with van der Waals surface area (Å²) in [7, 11) is 1.83. The van der Waals surface area contributed by atoms with Crippen LogP contribution in [-0.4, -0.2) is 17.9 Å². The fourth-order valence-electron chi connectivity index (χ4n) is 2.76. The molecule has 0 saturated heterocycles. The summed E-state index contributed by atoms with van der Waals surface area (Å²) in [6, 6.07) is 7.53. The molecule has 0 spiro atoms. The molecule has 2 rings (SSSR count). The molecule has 4 heteroatoms. The number of carbonyl (C=O) groups excluding carboxylic acids is 1. The van der Waals surface area contributed by atoms with Gasteiger partial charge in [-0.05, 0) is 30.9 Å². The van der Waals surface area contributed by atoms with Crippen LogP contribution in [0.2, 0.25) is 0 Å². The molecule has 1 aliphatic carbocycles. The Hall–Kier alpha value is -1.42. The van der Waals surface area contributed by atoms with Crippen LogP contribution >= 0.6 is 12.2 Å². The van der Waals surface area contributed by atoms with Gasteiger partial charge in [0.2, 0.25) is 5.91 Å². The minimum atomic E-state index is 0.151. The van der Waals surface area contributed by atoms with E-state index in [0.717, 1.165) is 30.5 Å². The van der Waals surface area contributed by atoms with Crippen molar-refractivity contribution in [3.8, 4) is 0 Å². The number of nitrogens with two attached hydrogens (primary N) is 1. The normalized spacial score (nSPS) is 22.2. The highest BCUT2D eigenvalue weighted by Gasteiger charge is 2.32. The molecular formula is C15H20N2OS. The number of nitrogens with zero attached hydrogens (tertiary/aromatic N) is 1. The maximum Gasteiger partial charge on any atom is 0.230 e. The van der Waals surface area contributed by atoms with Gasteiger partial charge in [-0.25, -0.2) is 0 Å². The van der Waals surface area contributed by atoms with Crippen LogP contribution in [0, 0.1) is 11.8 Å². The van der Waals surface area contributed by atoms with Gasteiger partial charge in [0.05, 0.1) is 0 Å². The van der Waals surface area contributed by atoms with Crippen LogP contribution in [0.3, 0.4) is 0 Å². The standard InChI is InChI=1S/C15H20N2OS/c1-10-5-3-8-13(10)15(18)17(2)12-7-4-6-11(9-12)14(16)19/h4,6-7,9-10,13H,3,5,8H2,1-2H3,(H2,16,19). The third-order valence-corrected chi connectivity index (χ3v) is 4.26. The molecule has 2 unspecified atom stereocenters. The van der Waals surface area contributed by atoms with E-state index in [1.54, 1.807) is 4.90 Å². The molecule has 2 N–H and O–H groups in total. The maximum atomic E-state index is 12.5. The van der Waals surface area contributed by atoms with Gasteiger partial charge in [-0.15, -0.1) is 0 Å². The van der Waals surface area contributed by atoms with E-state index in [1.807, 2.05) is 31.3 Å². The number of amides is 1. The molecule has 1 aliphatic rings. The zero-order valence-electron chi connectivity index (χ0n) is 11.4. The molecular weight excluding hydrogens is 256 g/mol. The fraction of sp³-hybridized carbons (Fsp3) is 0.467. The van der Waals surface area contributed by atoms with Crippen molar-refractivity contribution < 1.29 is 4.79 Å². The van der Waals surface area contributed by atoms with E-state index < -0.39 is 0 Å². The van der Waals surface area contributed by atoms with Crippen molar-refractivity contribution in [2.75, 3.05) is 11.9 Å². The predicted octanol–water partition coefficient (Wildman–Crippen LogP) is 2.72. The Morgan fingerprint density at radius 1 is 1.42 bits per heavy atom. The highest BCUT2D eigenvalue weighted by Crippen LogP contribution is 2.33. The Kier molecular flexibility index (Phi) is 4.20. The molecule has 0 radical (unpaired) electrons. The van der Waals surface area contributed by atoms with Crippen molar-refractivity contribution in [2.24, 2.45) is 17.6 Å². The summed E-state index contributed by atoms with van der Waals surface area (Å²) in [5.41, 5.74) is 7.28. The lowest BCUT2D eigenvalue weighted by Crippen LogP contribution is -2.34. The Labute approximate surface area is 119 Å². The largest absolute Gasteiger partial charge is 0.389 e. The molecule has 19 heavy (non-hydrogen) atoms.